The van der Waals surface area contributed by atoms with Crippen molar-refractivity contribution in [1.29, 1.82) is 0 Å². The second-order valence-corrected chi connectivity index (χ2v) is 1.94. The van der Waals surface area contributed by atoms with E-state index in [1.807, 2.05) is 0 Å². The van der Waals surface area contributed by atoms with Crippen LogP contribution in [0, 0.1) is 0 Å². The Balaban J connectivity index is 2.52. The molecule has 1 N–H and O–H groups in total. The fourth-order valence-electron chi connectivity index (χ4n) is 0.590. The standard InChI is InChI=1S/C5H5NO6/c1-2(7)11-3(8)6-4(9)12-5(6)10/h3,8H,1H3. The molecular weight excluding hydrogens is 170 g/mol. The highest BCUT2D eigenvalue weighted by atomic mass is 16.7. The summed E-state index contributed by atoms with van der Waals surface area (Å²) in [4.78, 5) is 31.3. The number of aliphatic hydroxyl groups excluding tert-OH is 1. The molecule has 0 aromatic carbocycles. The number of carbonyl (C=O) groups is 3. The summed E-state index contributed by atoms with van der Waals surface area (Å²) >= 11 is 0. The lowest BCUT2D eigenvalue weighted by molar-refractivity contribution is -0.194. The first-order valence-corrected chi connectivity index (χ1v) is 2.92. The number of hydrogen-bond donors (Lipinski definition) is 1. The van der Waals surface area contributed by atoms with Crippen molar-refractivity contribution in [2.24, 2.45) is 0 Å². The summed E-state index contributed by atoms with van der Waals surface area (Å²) in [5.74, 6) is -0.810. The van der Waals surface area contributed by atoms with Gasteiger partial charge in [-0.05, 0) is 0 Å². The molecule has 2 amide bonds. The second kappa shape index (κ2) is 2.78. The van der Waals surface area contributed by atoms with Crippen LogP contribution in [0.2, 0.25) is 0 Å². The van der Waals surface area contributed by atoms with Gasteiger partial charge in [0.15, 0.2) is 0 Å². The third kappa shape index (κ3) is 1.35. The minimum atomic E-state index is -1.89. The normalized spacial score (nSPS) is 18.0. The first-order chi connectivity index (χ1) is 5.52. The molecule has 0 bridgehead atoms. The summed E-state index contributed by atoms with van der Waals surface area (Å²) in [6.45, 7) is 1.03. The monoisotopic (exact) mass is 175 g/mol. The highest BCUT2D eigenvalue weighted by Crippen LogP contribution is 2.13. The first-order valence-electron chi connectivity index (χ1n) is 2.92. The van der Waals surface area contributed by atoms with Crippen LogP contribution >= 0.6 is 0 Å². The fraction of sp³-hybridized carbons (Fsp3) is 0.400. The molecule has 66 valence electrons. The van der Waals surface area contributed by atoms with Crippen molar-refractivity contribution in [3.05, 3.63) is 0 Å². The molecule has 0 aliphatic carbocycles. The Morgan fingerprint density at radius 2 is 2.08 bits per heavy atom. The highest BCUT2D eigenvalue weighted by Gasteiger charge is 2.44. The maximum atomic E-state index is 10.4. The Morgan fingerprint density at radius 1 is 1.58 bits per heavy atom. The molecule has 0 radical (unpaired) electrons. The van der Waals surface area contributed by atoms with E-state index in [1.165, 1.54) is 0 Å². The lowest BCUT2D eigenvalue weighted by Crippen LogP contribution is -2.56. The molecule has 1 atom stereocenters. The number of hydrogen-bond acceptors (Lipinski definition) is 6. The summed E-state index contributed by atoms with van der Waals surface area (Å²) < 4.78 is 7.97. The Morgan fingerprint density at radius 3 is 2.42 bits per heavy atom. The van der Waals surface area contributed by atoms with Gasteiger partial charge in [-0.3, -0.25) is 4.79 Å². The molecule has 1 saturated heterocycles. The highest BCUT2D eigenvalue weighted by molar-refractivity contribution is 6.03. The van der Waals surface area contributed by atoms with Crippen LogP contribution in [0.1, 0.15) is 6.92 Å². The molecule has 7 heteroatoms. The molecule has 0 spiro atoms. The summed E-state index contributed by atoms with van der Waals surface area (Å²) in [6.07, 6.45) is -3.99. The number of rotatable bonds is 2. The van der Waals surface area contributed by atoms with Crippen molar-refractivity contribution in [3.63, 3.8) is 0 Å². The molecule has 0 saturated carbocycles. The first kappa shape index (κ1) is 8.47. The van der Waals surface area contributed by atoms with Gasteiger partial charge in [-0.25, -0.2) is 9.59 Å². The zero-order chi connectivity index (χ0) is 9.30. The van der Waals surface area contributed by atoms with E-state index < -0.39 is 24.6 Å². The third-order valence-corrected chi connectivity index (χ3v) is 1.06. The van der Waals surface area contributed by atoms with Crippen molar-refractivity contribution in [1.82, 2.24) is 4.90 Å². The fourth-order valence-corrected chi connectivity index (χ4v) is 0.590. The quantitative estimate of drug-likeness (QED) is 0.342. The Kier molecular flexibility index (Phi) is 1.96. The van der Waals surface area contributed by atoms with Gasteiger partial charge in [0, 0.05) is 6.92 Å². The van der Waals surface area contributed by atoms with Crippen molar-refractivity contribution in [2.45, 2.75) is 13.3 Å². The van der Waals surface area contributed by atoms with E-state index in [4.69, 9.17) is 5.11 Å². The van der Waals surface area contributed by atoms with Crippen molar-refractivity contribution in [2.75, 3.05) is 0 Å². The zero-order valence-corrected chi connectivity index (χ0v) is 6.01. The average Bonchev–Trinajstić information content (AvgIpc) is 1.83. The molecule has 7 nitrogen and oxygen atoms in total. The summed E-state index contributed by atoms with van der Waals surface area (Å²) in [5.41, 5.74) is 0. The number of esters is 1. The van der Waals surface area contributed by atoms with Gasteiger partial charge >= 0.3 is 18.2 Å². The van der Waals surface area contributed by atoms with Crippen LogP contribution in [0.4, 0.5) is 9.59 Å². The van der Waals surface area contributed by atoms with Gasteiger partial charge in [-0.15, -0.1) is 4.90 Å². The number of aliphatic hydroxyl groups is 1. The lowest BCUT2D eigenvalue weighted by atomic mass is 10.6. The molecule has 0 aromatic heterocycles. The van der Waals surface area contributed by atoms with Crippen LogP contribution in [0.3, 0.4) is 0 Å². The molecule has 1 unspecified atom stereocenters. The third-order valence-electron chi connectivity index (χ3n) is 1.06. The summed E-state index contributed by atoms with van der Waals surface area (Å²) in [5, 5.41) is 8.84. The molecule has 1 rings (SSSR count). The van der Waals surface area contributed by atoms with Gasteiger partial charge in [0.1, 0.15) is 0 Å². The zero-order valence-electron chi connectivity index (χ0n) is 6.01. The van der Waals surface area contributed by atoms with Crippen LogP contribution in [0.25, 0.3) is 0 Å². The van der Waals surface area contributed by atoms with E-state index in [0.29, 0.717) is 0 Å². The summed E-state index contributed by atoms with van der Waals surface area (Å²) in [6, 6.07) is 0. The number of imide groups is 1. The van der Waals surface area contributed by atoms with Crippen LogP contribution < -0.4 is 0 Å². The van der Waals surface area contributed by atoms with Crippen LogP contribution in [0.5, 0.6) is 0 Å². The Bertz CT molecular complexity index is 234. The molecular formula is C5H5NO6. The van der Waals surface area contributed by atoms with Gasteiger partial charge in [0.25, 0.3) is 6.41 Å². The van der Waals surface area contributed by atoms with Crippen LogP contribution in [0.15, 0.2) is 0 Å². The smallest absolute Gasteiger partial charge is 0.416 e. The SMILES string of the molecule is CC(=O)OC(O)N1C(=O)OC1=O. The van der Waals surface area contributed by atoms with Crippen molar-refractivity contribution in [3.8, 4) is 0 Å². The predicted octanol–water partition coefficient (Wildman–Crippen LogP) is -0.602. The molecule has 1 aliphatic rings. The molecule has 12 heavy (non-hydrogen) atoms. The van der Waals surface area contributed by atoms with E-state index in [0.717, 1.165) is 6.92 Å². The van der Waals surface area contributed by atoms with Gasteiger partial charge < -0.3 is 14.6 Å². The lowest BCUT2D eigenvalue weighted by Gasteiger charge is -2.29. The minimum absolute atomic E-state index is 0.265. The molecule has 0 aromatic rings. The number of nitrogens with zero attached hydrogens (tertiary/aromatic N) is 1. The number of carbonyl (C=O) groups excluding carboxylic acids is 3. The average molecular weight is 175 g/mol. The van der Waals surface area contributed by atoms with Gasteiger partial charge in [-0.1, -0.05) is 0 Å². The van der Waals surface area contributed by atoms with Gasteiger partial charge in [-0.2, -0.15) is 0 Å². The number of ether oxygens (including phenoxy) is 2. The summed E-state index contributed by atoms with van der Waals surface area (Å²) in [7, 11) is 0. The maximum Gasteiger partial charge on any atom is 0.433 e. The molecule has 1 fully saturated rings. The van der Waals surface area contributed by atoms with E-state index in [1.54, 1.807) is 0 Å². The second-order valence-electron chi connectivity index (χ2n) is 1.94. The number of amides is 2. The van der Waals surface area contributed by atoms with Gasteiger partial charge in [0.05, 0.1) is 0 Å². The van der Waals surface area contributed by atoms with E-state index in [2.05, 4.69) is 9.47 Å². The van der Waals surface area contributed by atoms with Crippen LogP contribution in [-0.4, -0.2) is 34.6 Å². The van der Waals surface area contributed by atoms with Crippen molar-refractivity contribution >= 4 is 18.2 Å². The van der Waals surface area contributed by atoms with Crippen molar-refractivity contribution < 1.29 is 29.0 Å². The minimum Gasteiger partial charge on any atom is -0.416 e. The largest absolute Gasteiger partial charge is 0.433 e. The Labute approximate surface area is 66.5 Å². The predicted molar refractivity (Wildman–Crippen MR) is 31.5 cm³/mol. The molecule has 1 aliphatic heterocycles. The Hall–Kier alpha value is -1.63. The van der Waals surface area contributed by atoms with E-state index >= 15 is 0 Å². The maximum absolute atomic E-state index is 10.4. The van der Waals surface area contributed by atoms with E-state index in [-0.39, 0.29) is 4.90 Å². The van der Waals surface area contributed by atoms with Crippen LogP contribution in [-0.2, 0) is 14.3 Å². The molecule has 1 heterocycles. The van der Waals surface area contributed by atoms with Gasteiger partial charge in [0.2, 0.25) is 0 Å². The number of cyclic esters (lactones) is 2. The van der Waals surface area contributed by atoms with E-state index in [9.17, 15) is 14.4 Å². The topological polar surface area (TPSA) is 93.1 Å².